The number of ether oxygens (including phenoxy) is 2. The Hall–Kier alpha value is -4.98. The van der Waals surface area contributed by atoms with Crippen LogP contribution in [0.2, 0.25) is 0 Å². The fraction of sp³-hybridized carbons (Fsp3) is 0.243. The molecule has 0 aliphatic rings. The van der Waals surface area contributed by atoms with E-state index in [1.54, 1.807) is 6.92 Å². The van der Waals surface area contributed by atoms with E-state index in [0.717, 1.165) is 33.6 Å². The molecule has 0 atom stereocenters. The van der Waals surface area contributed by atoms with Gasteiger partial charge >= 0.3 is 5.97 Å². The molecule has 45 heavy (non-hydrogen) atoms. The van der Waals surface area contributed by atoms with Crippen LogP contribution >= 0.6 is 0 Å². The van der Waals surface area contributed by atoms with Crippen molar-refractivity contribution in [1.82, 2.24) is 9.78 Å². The molecule has 1 aromatic heterocycles. The number of benzene rings is 4. The summed E-state index contributed by atoms with van der Waals surface area (Å²) in [4.78, 5) is 11.6. The highest BCUT2D eigenvalue weighted by Gasteiger charge is 2.16. The highest BCUT2D eigenvalue weighted by atomic mass is 19.1. The van der Waals surface area contributed by atoms with E-state index in [1.165, 1.54) is 12.1 Å². The number of carbonyl (C=O) groups is 1. The normalized spacial score (nSPS) is 11.1. The number of esters is 1. The minimum Gasteiger partial charge on any atom is -0.491 e. The summed E-state index contributed by atoms with van der Waals surface area (Å²) in [5.41, 5.74) is 5.98. The van der Waals surface area contributed by atoms with E-state index in [9.17, 15) is 13.6 Å². The maximum absolute atomic E-state index is 14.7. The van der Waals surface area contributed by atoms with Gasteiger partial charge in [0, 0.05) is 35.3 Å². The lowest BCUT2D eigenvalue weighted by molar-refractivity contribution is -0.143. The Morgan fingerprint density at radius 3 is 2.20 bits per heavy atom. The van der Waals surface area contributed by atoms with Gasteiger partial charge in [0.05, 0.1) is 30.6 Å². The Labute approximate surface area is 262 Å². The third-order valence-corrected chi connectivity index (χ3v) is 7.26. The molecular weight excluding hydrogens is 572 g/mol. The number of hydrogen-bond donors (Lipinski definition) is 1. The van der Waals surface area contributed by atoms with Gasteiger partial charge in [-0.1, -0.05) is 72.8 Å². The van der Waals surface area contributed by atoms with Crippen molar-refractivity contribution in [2.75, 3.05) is 11.9 Å². The molecule has 0 saturated heterocycles. The molecule has 0 aliphatic carbocycles. The minimum atomic E-state index is -0.704. The molecule has 5 aromatic rings. The van der Waals surface area contributed by atoms with Crippen LogP contribution in [-0.4, -0.2) is 28.5 Å². The number of nitrogens with one attached hydrogen (secondary N) is 1. The lowest BCUT2D eigenvalue weighted by atomic mass is 10.1. The van der Waals surface area contributed by atoms with Crippen molar-refractivity contribution < 1.29 is 23.0 Å². The Morgan fingerprint density at radius 1 is 0.889 bits per heavy atom. The molecule has 0 amide bonds. The quantitative estimate of drug-likeness (QED) is 0.136. The Kier molecular flexibility index (Phi) is 10.2. The van der Waals surface area contributed by atoms with Crippen LogP contribution in [0.3, 0.4) is 0 Å². The van der Waals surface area contributed by atoms with Crippen LogP contribution in [0.1, 0.15) is 43.9 Å². The molecule has 0 saturated carbocycles. The van der Waals surface area contributed by atoms with Gasteiger partial charge in [0.2, 0.25) is 0 Å². The molecule has 0 aliphatic heterocycles. The van der Waals surface area contributed by atoms with Crippen molar-refractivity contribution in [2.45, 2.75) is 52.8 Å². The zero-order valence-corrected chi connectivity index (χ0v) is 25.7. The van der Waals surface area contributed by atoms with Crippen LogP contribution in [0.25, 0.3) is 22.5 Å². The van der Waals surface area contributed by atoms with Crippen molar-refractivity contribution in [3.8, 4) is 28.3 Å². The molecule has 6 nitrogen and oxygen atoms in total. The summed E-state index contributed by atoms with van der Waals surface area (Å²) in [5.74, 6) is -1.18. The number of rotatable bonds is 13. The maximum atomic E-state index is 14.7. The number of halogens is 2. The average Bonchev–Trinajstić information content (AvgIpc) is 3.45. The molecule has 0 radical (unpaired) electrons. The third kappa shape index (κ3) is 8.15. The Bertz CT molecular complexity index is 1710. The average molecular weight is 610 g/mol. The van der Waals surface area contributed by atoms with Gasteiger partial charge in [-0.15, -0.1) is 0 Å². The van der Waals surface area contributed by atoms with Gasteiger partial charge < -0.3 is 14.8 Å². The van der Waals surface area contributed by atoms with E-state index in [2.05, 4.69) is 23.5 Å². The van der Waals surface area contributed by atoms with Gasteiger partial charge in [-0.05, 0) is 62.6 Å². The second-order valence-electron chi connectivity index (χ2n) is 11.0. The molecule has 1 N–H and O–H groups in total. The van der Waals surface area contributed by atoms with E-state index in [1.807, 2.05) is 85.3 Å². The van der Waals surface area contributed by atoms with Crippen LogP contribution in [0, 0.1) is 11.6 Å². The molecule has 0 bridgehead atoms. The van der Waals surface area contributed by atoms with E-state index >= 15 is 0 Å². The smallest absolute Gasteiger partial charge is 0.306 e. The minimum absolute atomic E-state index is 0.0662. The number of anilines is 1. The van der Waals surface area contributed by atoms with Crippen molar-refractivity contribution in [2.24, 2.45) is 0 Å². The van der Waals surface area contributed by atoms with Gasteiger partial charge in [0.1, 0.15) is 17.4 Å². The summed E-state index contributed by atoms with van der Waals surface area (Å²) in [6.07, 6.45) is -0.217. The molecule has 232 valence electrons. The molecule has 4 aromatic carbocycles. The van der Waals surface area contributed by atoms with Gasteiger partial charge in [-0.3, -0.25) is 9.48 Å². The first kappa shape index (κ1) is 31.4. The van der Waals surface area contributed by atoms with Crippen molar-refractivity contribution in [3.05, 3.63) is 125 Å². The fourth-order valence-electron chi connectivity index (χ4n) is 5.10. The predicted octanol–water partition coefficient (Wildman–Crippen LogP) is 8.44. The molecule has 8 heteroatoms. The summed E-state index contributed by atoms with van der Waals surface area (Å²) in [5, 5.41) is 8.09. The topological polar surface area (TPSA) is 65.4 Å². The SMILES string of the molecule is CCOC(=O)CCc1c(F)cc(NCc2ccc(Cn3nc(-c4ccccc4)cc3-c3ccccc3)c(OC(C)C)c2)cc1F. The summed E-state index contributed by atoms with van der Waals surface area (Å²) < 4.78 is 42.6. The first-order chi connectivity index (χ1) is 21.8. The Balaban J connectivity index is 1.36. The number of aromatic nitrogens is 2. The van der Waals surface area contributed by atoms with Gasteiger partial charge in [-0.25, -0.2) is 8.78 Å². The zero-order valence-electron chi connectivity index (χ0n) is 25.7. The maximum Gasteiger partial charge on any atom is 0.306 e. The van der Waals surface area contributed by atoms with Gasteiger partial charge in [0.25, 0.3) is 0 Å². The molecule has 5 rings (SSSR count). The summed E-state index contributed by atoms with van der Waals surface area (Å²) in [6.45, 7) is 6.67. The molecular formula is C37H37F2N3O3. The number of carbonyl (C=O) groups excluding carboxylic acids is 1. The van der Waals surface area contributed by atoms with Gasteiger partial charge in [0.15, 0.2) is 0 Å². The van der Waals surface area contributed by atoms with E-state index in [0.29, 0.717) is 24.5 Å². The summed E-state index contributed by atoms with van der Waals surface area (Å²) >= 11 is 0. The second-order valence-corrected chi connectivity index (χ2v) is 11.0. The van der Waals surface area contributed by atoms with E-state index in [4.69, 9.17) is 14.6 Å². The third-order valence-electron chi connectivity index (χ3n) is 7.26. The highest BCUT2D eigenvalue weighted by Crippen LogP contribution is 2.30. The largest absolute Gasteiger partial charge is 0.491 e. The lowest BCUT2D eigenvalue weighted by Gasteiger charge is -2.17. The fourth-order valence-corrected chi connectivity index (χ4v) is 5.10. The summed E-state index contributed by atoms with van der Waals surface area (Å²) in [6, 6.07) is 30.8. The molecule has 0 fully saturated rings. The van der Waals surface area contributed by atoms with Gasteiger partial charge in [-0.2, -0.15) is 5.10 Å². The predicted molar refractivity (Wildman–Crippen MR) is 173 cm³/mol. The van der Waals surface area contributed by atoms with E-state index in [-0.39, 0.29) is 31.1 Å². The van der Waals surface area contributed by atoms with Crippen LogP contribution in [0.4, 0.5) is 14.5 Å². The zero-order chi connectivity index (χ0) is 31.8. The highest BCUT2D eigenvalue weighted by molar-refractivity contribution is 5.70. The first-order valence-electron chi connectivity index (χ1n) is 15.1. The second kappa shape index (κ2) is 14.7. The lowest BCUT2D eigenvalue weighted by Crippen LogP contribution is -2.11. The summed E-state index contributed by atoms with van der Waals surface area (Å²) in [7, 11) is 0. The van der Waals surface area contributed by atoms with Crippen molar-refractivity contribution in [1.29, 1.82) is 0 Å². The molecule has 0 unspecified atom stereocenters. The van der Waals surface area contributed by atoms with E-state index < -0.39 is 17.6 Å². The number of nitrogens with zero attached hydrogens (tertiary/aromatic N) is 2. The van der Waals surface area contributed by atoms with Crippen molar-refractivity contribution in [3.63, 3.8) is 0 Å². The Morgan fingerprint density at radius 2 is 1.56 bits per heavy atom. The van der Waals surface area contributed by atoms with Crippen LogP contribution < -0.4 is 10.1 Å². The number of hydrogen-bond acceptors (Lipinski definition) is 5. The monoisotopic (exact) mass is 609 g/mol. The van der Waals surface area contributed by atoms with Crippen LogP contribution in [0.5, 0.6) is 5.75 Å². The molecule has 0 spiro atoms. The first-order valence-corrected chi connectivity index (χ1v) is 15.1. The van der Waals surface area contributed by atoms with Crippen LogP contribution in [0.15, 0.2) is 97.1 Å². The molecule has 1 heterocycles. The van der Waals surface area contributed by atoms with Crippen LogP contribution in [-0.2, 0) is 29.0 Å². The van der Waals surface area contributed by atoms with Crippen molar-refractivity contribution >= 4 is 11.7 Å². The standard InChI is InChI=1S/C37H37F2N3O3/c1-4-44-37(43)18-17-31-32(38)20-30(21-33(31)39)40-23-26-15-16-29(36(19-26)45-25(2)3)24-42-35(28-13-9-6-10-14-28)22-34(41-42)27-11-7-5-8-12-27/h5-16,19-22,25,40H,4,17-18,23-24H2,1-3H3.